The minimum atomic E-state index is -4.85. The Morgan fingerprint density at radius 2 is 1.45 bits per heavy atom. The van der Waals surface area contributed by atoms with Crippen molar-refractivity contribution in [3.8, 4) is 17.2 Å². The van der Waals surface area contributed by atoms with Crippen molar-refractivity contribution in [2.75, 3.05) is 0 Å². The Morgan fingerprint density at radius 1 is 0.931 bits per heavy atom. The van der Waals surface area contributed by atoms with Crippen molar-refractivity contribution in [3.63, 3.8) is 0 Å². The minimum Gasteiger partial charge on any atom is -0.604 e. The van der Waals surface area contributed by atoms with Crippen LogP contribution in [-0.2, 0) is 18.2 Å². The number of hydrogen-bond donors (Lipinski definition) is 1. The molecule has 3 aromatic rings. The average Bonchev–Trinajstić information content (AvgIpc) is 2.67. The smallest absolute Gasteiger partial charge is 0.578 e. The summed E-state index contributed by atoms with van der Waals surface area (Å²) in [5.74, 6) is 0.463. The fourth-order valence-electron chi connectivity index (χ4n) is 2.35. The van der Waals surface area contributed by atoms with Gasteiger partial charge in [-0.15, -0.1) is 13.2 Å². The fraction of sp³-hybridized carbons (Fsp3) is 0.118. The molecule has 1 N–H and O–H groups in total. The summed E-state index contributed by atoms with van der Waals surface area (Å²) >= 11 is -3.13. The van der Waals surface area contributed by atoms with E-state index >= 15 is 0 Å². The summed E-state index contributed by atoms with van der Waals surface area (Å²) in [6.07, 6.45) is 0. The highest BCUT2D eigenvalue weighted by Crippen LogP contribution is 2.31. The summed E-state index contributed by atoms with van der Waals surface area (Å²) in [6.45, 7) is 0. The van der Waals surface area contributed by atoms with Crippen molar-refractivity contribution in [2.24, 2.45) is 7.05 Å². The van der Waals surface area contributed by atoms with Crippen LogP contribution in [0.2, 0.25) is 0 Å². The molecule has 0 bridgehead atoms. The van der Waals surface area contributed by atoms with Crippen LogP contribution in [0, 0.1) is 0 Å². The van der Waals surface area contributed by atoms with E-state index < -0.39 is 38.6 Å². The number of aromatic nitrogens is 3. The van der Waals surface area contributed by atoms with E-state index in [9.17, 15) is 32.1 Å². The molecule has 29 heavy (non-hydrogen) atoms. The molecular weight excluding hydrogens is 415 g/mol. The van der Waals surface area contributed by atoms with Crippen LogP contribution in [0.15, 0.2) is 67.8 Å². The molecule has 152 valence electrons. The first-order valence-electron chi connectivity index (χ1n) is 7.87. The molecule has 0 fully saturated rings. The van der Waals surface area contributed by atoms with E-state index in [1.54, 1.807) is 0 Å². The van der Waals surface area contributed by atoms with Crippen molar-refractivity contribution in [3.05, 3.63) is 80.0 Å². The van der Waals surface area contributed by atoms with E-state index in [0.29, 0.717) is 0 Å². The molecule has 0 aliphatic rings. The summed E-state index contributed by atoms with van der Waals surface area (Å²) < 4.78 is 55.6. The van der Waals surface area contributed by atoms with Gasteiger partial charge in [-0.2, -0.15) is 0 Å². The van der Waals surface area contributed by atoms with Gasteiger partial charge in [-0.25, -0.2) is 23.5 Å². The maximum Gasteiger partial charge on any atom is 0.578 e. The third-order valence-electron chi connectivity index (χ3n) is 3.78. The number of nitrogens with one attached hydrogen (secondary N) is 1. The maximum absolute atomic E-state index is 12.5. The number of alkyl halides is 3. The van der Waals surface area contributed by atoms with Crippen LogP contribution >= 0.6 is 0 Å². The zero-order valence-electron chi connectivity index (χ0n) is 14.6. The molecule has 0 aliphatic carbocycles. The lowest BCUT2D eigenvalue weighted by atomic mass is 10.3. The molecule has 0 saturated carbocycles. The van der Waals surface area contributed by atoms with Crippen molar-refractivity contribution in [1.82, 2.24) is 14.1 Å². The predicted molar refractivity (Wildman–Crippen MR) is 96.9 cm³/mol. The second-order valence-electron chi connectivity index (χ2n) is 5.69. The van der Waals surface area contributed by atoms with E-state index in [2.05, 4.69) is 0 Å². The maximum atomic E-state index is 12.5. The van der Waals surface area contributed by atoms with Crippen LogP contribution in [-0.4, -0.2) is 24.2 Å². The molecule has 0 aliphatic heterocycles. The van der Waals surface area contributed by atoms with E-state index in [0.717, 1.165) is 21.3 Å². The Kier molecular flexibility index (Phi) is 5.40. The summed E-state index contributed by atoms with van der Waals surface area (Å²) in [4.78, 5) is 37.0. The molecular formula is C17H12F3N3O5S. The molecule has 12 heteroatoms. The molecule has 8 nitrogen and oxygen atoms in total. The number of ether oxygens (including phenoxy) is 1. The van der Waals surface area contributed by atoms with Gasteiger partial charge in [0.1, 0.15) is 11.5 Å². The molecule has 0 spiro atoms. The zero-order valence-corrected chi connectivity index (χ0v) is 15.4. The van der Waals surface area contributed by atoms with E-state index in [-0.39, 0.29) is 17.2 Å². The van der Waals surface area contributed by atoms with Gasteiger partial charge in [0.05, 0.1) is 16.9 Å². The topological polar surface area (TPSA) is 109 Å². The highest BCUT2D eigenvalue weighted by atomic mass is 32.2. The normalized spacial score (nSPS) is 12.6. The summed E-state index contributed by atoms with van der Waals surface area (Å²) in [5.41, 5.74) is -7.25. The third kappa shape index (κ3) is 4.27. The van der Waals surface area contributed by atoms with Crippen molar-refractivity contribution >= 4 is 11.2 Å². The Balaban J connectivity index is 1.82. The number of rotatable bonds is 4. The molecule has 1 unspecified atom stereocenters. The molecule has 1 heterocycles. The van der Waals surface area contributed by atoms with Gasteiger partial charge >= 0.3 is 22.6 Å². The lowest BCUT2D eigenvalue weighted by Crippen LogP contribution is -2.47. The van der Waals surface area contributed by atoms with Crippen LogP contribution < -0.4 is 21.8 Å². The van der Waals surface area contributed by atoms with Gasteiger partial charge in [-0.1, -0.05) is 0 Å². The number of benzene rings is 2. The van der Waals surface area contributed by atoms with E-state index in [1.807, 2.05) is 4.98 Å². The van der Waals surface area contributed by atoms with Crippen LogP contribution in [0.25, 0.3) is 5.69 Å². The van der Waals surface area contributed by atoms with Gasteiger partial charge in [0, 0.05) is 7.05 Å². The molecule has 1 aromatic heterocycles. The Labute approximate surface area is 163 Å². The summed E-state index contributed by atoms with van der Waals surface area (Å²) in [6, 6.07) is 10.2. The third-order valence-corrected chi connectivity index (χ3v) is 4.90. The molecule has 3 rings (SSSR count). The highest BCUT2D eigenvalue weighted by Gasteiger charge is 2.45. The zero-order chi connectivity index (χ0) is 21.3. The highest BCUT2D eigenvalue weighted by molar-refractivity contribution is 7.92. The second kappa shape index (κ2) is 7.64. The molecule has 0 amide bonds. The molecule has 1 atom stereocenters. The molecule has 0 saturated heterocycles. The van der Waals surface area contributed by atoms with Gasteiger partial charge in [0.15, 0.2) is 4.90 Å². The van der Waals surface area contributed by atoms with Crippen LogP contribution in [0.3, 0.4) is 0 Å². The standard InChI is InChI=1S/C17H12F3N3O5S/c1-22-14(24)21-15(25)23(16(22)26)10-2-4-11(5-3-10)28-12-6-8-13(9-7-12)29(27)17(18,19)20/h2-9H,1H3,(H,21,24,25). The van der Waals surface area contributed by atoms with Gasteiger partial charge in [0.2, 0.25) is 0 Å². The number of hydrogen-bond acceptors (Lipinski definition) is 5. The van der Waals surface area contributed by atoms with E-state index in [1.165, 1.54) is 43.4 Å². The van der Waals surface area contributed by atoms with E-state index in [4.69, 9.17) is 4.74 Å². The predicted octanol–water partition coefficient (Wildman–Crippen LogP) is 1.64. The average molecular weight is 427 g/mol. The number of H-pyrrole nitrogens is 1. The lowest BCUT2D eigenvalue weighted by molar-refractivity contribution is -0.0435. The molecule has 0 radical (unpaired) electrons. The van der Waals surface area contributed by atoms with Crippen molar-refractivity contribution < 1.29 is 22.5 Å². The number of aromatic amines is 1. The fourth-order valence-corrected chi connectivity index (χ4v) is 3.00. The van der Waals surface area contributed by atoms with Gasteiger partial charge < -0.3 is 9.29 Å². The monoisotopic (exact) mass is 427 g/mol. The van der Waals surface area contributed by atoms with Crippen molar-refractivity contribution in [1.29, 1.82) is 0 Å². The van der Waals surface area contributed by atoms with Crippen LogP contribution in [0.1, 0.15) is 0 Å². The first-order chi connectivity index (χ1) is 13.6. The first kappa shape index (κ1) is 20.5. The van der Waals surface area contributed by atoms with Crippen molar-refractivity contribution in [2.45, 2.75) is 10.4 Å². The second-order valence-corrected chi connectivity index (χ2v) is 7.17. The molecule has 2 aromatic carbocycles. The summed E-state index contributed by atoms with van der Waals surface area (Å²) in [7, 11) is 1.21. The lowest BCUT2D eigenvalue weighted by Gasteiger charge is -2.12. The van der Waals surface area contributed by atoms with Gasteiger partial charge in [-0.05, 0) is 48.5 Å². The Morgan fingerprint density at radius 3 is 1.97 bits per heavy atom. The first-order valence-corrected chi connectivity index (χ1v) is 9.02. The van der Waals surface area contributed by atoms with Gasteiger partial charge in [-0.3, -0.25) is 4.98 Å². The number of halogens is 3. The minimum absolute atomic E-state index is 0.176. The van der Waals surface area contributed by atoms with Crippen LogP contribution in [0.4, 0.5) is 13.2 Å². The van der Waals surface area contributed by atoms with Gasteiger partial charge in [0.25, 0.3) is 0 Å². The summed E-state index contributed by atoms with van der Waals surface area (Å²) in [5, 5.41) is 0. The quantitative estimate of drug-likeness (QED) is 0.637. The Hall–Kier alpha value is -3.25. The Bertz CT molecular complexity index is 1200. The largest absolute Gasteiger partial charge is 0.604 e. The van der Waals surface area contributed by atoms with Crippen LogP contribution in [0.5, 0.6) is 11.5 Å². The number of nitrogens with zero attached hydrogens (tertiary/aromatic N) is 2. The SMILES string of the molecule is Cn1c(=O)[nH]c(=O)n(-c2ccc(Oc3ccc([S+]([O-])C(F)(F)F)cc3)cc2)c1=O.